The molecule has 5 nitrogen and oxygen atoms in total. The van der Waals surface area contributed by atoms with Gasteiger partial charge in [-0.05, 0) is 6.92 Å². The Bertz CT molecular complexity index is 207. The molecule has 0 aromatic carbocycles. The minimum atomic E-state index is -0.916. The number of carbonyl (C=O) groups excluding carboxylic acids is 1. The highest BCUT2D eigenvalue weighted by Crippen LogP contribution is 1.91. The number of hydrogen-bond donors (Lipinski definition) is 2. The van der Waals surface area contributed by atoms with Crippen molar-refractivity contribution in [2.45, 2.75) is 19.1 Å². The van der Waals surface area contributed by atoms with Crippen molar-refractivity contribution in [3.05, 3.63) is 0 Å². The van der Waals surface area contributed by atoms with Gasteiger partial charge in [0.1, 0.15) is 6.10 Å². The molecule has 3 unspecified atom stereocenters. The highest BCUT2D eigenvalue weighted by Gasteiger charge is 2.17. The number of rotatable bonds is 6. The molecular weight excluding hydrogens is 204 g/mol. The van der Waals surface area contributed by atoms with E-state index in [1.54, 1.807) is 13.2 Å². The zero-order valence-electron chi connectivity index (χ0n) is 8.78. The van der Waals surface area contributed by atoms with E-state index >= 15 is 0 Å². The number of amides is 1. The first-order chi connectivity index (χ1) is 6.51. The lowest BCUT2D eigenvalue weighted by atomic mass is 10.3. The molecule has 0 spiro atoms. The van der Waals surface area contributed by atoms with Gasteiger partial charge in [0.2, 0.25) is 0 Å². The molecular formula is C8H18N2O3S. The van der Waals surface area contributed by atoms with Gasteiger partial charge in [0.05, 0.1) is 0 Å². The predicted octanol–water partition coefficient (Wildman–Crippen LogP) is -1.16. The van der Waals surface area contributed by atoms with E-state index < -0.39 is 16.9 Å². The summed E-state index contributed by atoms with van der Waals surface area (Å²) in [6.07, 6.45) is 0.974. The van der Waals surface area contributed by atoms with Crippen LogP contribution in [0.5, 0.6) is 0 Å². The normalized spacial score (nSPS) is 17.1. The maximum atomic E-state index is 11.4. The van der Waals surface area contributed by atoms with Gasteiger partial charge in [0, 0.05) is 42.5 Å². The number of ether oxygens (including phenoxy) is 1. The molecule has 0 saturated carbocycles. The number of nitrogens with two attached hydrogens (primary N) is 1. The number of carbonyl (C=O) groups is 1. The van der Waals surface area contributed by atoms with Gasteiger partial charge >= 0.3 is 0 Å². The monoisotopic (exact) mass is 222 g/mol. The quantitative estimate of drug-likeness (QED) is 0.594. The lowest BCUT2D eigenvalue weighted by molar-refractivity contribution is -0.130. The van der Waals surface area contributed by atoms with Crippen LogP contribution in [-0.2, 0) is 20.3 Å². The van der Waals surface area contributed by atoms with Crippen LogP contribution in [0.15, 0.2) is 0 Å². The molecule has 0 radical (unpaired) electrons. The average molecular weight is 222 g/mol. The summed E-state index contributed by atoms with van der Waals surface area (Å²) >= 11 is 0. The first-order valence-corrected chi connectivity index (χ1v) is 6.07. The van der Waals surface area contributed by atoms with Gasteiger partial charge in [-0.3, -0.25) is 9.00 Å². The van der Waals surface area contributed by atoms with Crippen molar-refractivity contribution < 1.29 is 13.7 Å². The van der Waals surface area contributed by atoms with Crippen LogP contribution in [0.25, 0.3) is 0 Å². The second-order valence-corrected chi connectivity index (χ2v) is 4.59. The summed E-state index contributed by atoms with van der Waals surface area (Å²) in [7, 11) is 0.514. The van der Waals surface area contributed by atoms with Crippen molar-refractivity contribution in [2.75, 3.05) is 25.7 Å². The molecule has 84 valence electrons. The van der Waals surface area contributed by atoms with Gasteiger partial charge in [-0.25, -0.2) is 0 Å². The zero-order chi connectivity index (χ0) is 11.1. The number of nitrogens with one attached hydrogen (secondary N) is 1. The topological polar surface area (TPSA) is 81.4 Å². The fourth-order valence-corrected chi connectivity index (χ4v) is 1.83. The molecule has 14 heavy (non-hydrogen) atoms. The van der Waals surface area contributed by atoms with E-state index in [1.165, 1.54) is 7.11 Å². The summed E-state index contributed by atoms with van der Waals surface area (Å²) in [6, 6.07) is -0.127. The van der Waals surface area contributed by atoms with Crippen molar-refractivity contribution in [3.8, 4) is 0 Å². The molecule has 0 aromatic rings. The Morgan fingerprint density at radius 2 is 2.21 bits per heavy atom. The lowest BCUT2D eigenvalue weighted by Crippen LogP contribution is -2.45. The summed E-state index contributed by atoms with van der Waals surface area (Å²) in [5.41, 5.74) is 5.32. The average Bonchev–Trinajstić information content (AvgIpc) is 2.04. The standard InChI is InChI=1S/C8H18N2O3S/c1-6(5-14(3)12)10-8(11)7(4-9)13-2/h6-7H,4-5,9H2,1-3H3,(H,10,11). The predicted molar refractivity (Wildman–Crippen MR) is 56.4 cm³/mol. The smallest absolute Gasteiger partial charge is 0.250 e. The summed E-state index contributed by atoms with van der Waals surface area (Å²) in [5, 5.41) is 2.68. The highest BCUT2D eigenvalue weighted by molar-refractivity contribution is 7.84. The maximum Gasteiger partial charge on any atom is 0.250 e. The minimum absolute atomic E-state index is 0.127. The summed E-state index contributed by atoms with van der Waals surface area (Å²) < 4.78 is 15.7. The van der Waals surface area contributed by atoms with Crippen LogP contribution in [0.1, 0.15) is 6.92 Å². The van der Waals surface area contributed by atoms with Crippen molar-refractivity contribution in [3.63, 3.8) is 0 Å². The molecule has 0 saturated heterocycles. The summed E-state index contributed by atoms with van der Waals surface area (Å²) in [6.45, 7) is 1.94. The first-order valence-electron chi connectivity index (χ1n) is 4.34. The third-order valence-corrected chi connectivity index (χ3v) is 2.63. The lowest BCUT2D eigenvalue weighted by Gasteiger charge is -2.17. The number of hydrogen-bond acceptors (Lipinski definition) is 4. The van der Waals surface area contributed by atoms with Crippen molar-refractivity contribution >= 4 is 16.7 Å². The zero-order valence-corrected chi connectivity index (χ0v) is 9.60. The van der Waals surface area contributed by atoms with E-state index in [2.05, 4.69) is 5.32 Å². The Morgan fingerprint density at radius 3 is 2.57 bits per heavy atom. The fourth-order valence-electron chi connectivity index (χ4n) is 1.04. The van der Waals surface area contributed by atoms with Crippen LogP contribution in [0.4, 0.5) is 0 Å². The van der Waals surface area contributed by atoms with E-state index in [1.807, 2.05) is 0 Å². The Kier molecular flexibility index (Phi) is 6.69. The molecule has 3 atom stereocenters. The van der Waals surface area contributed by atoms with E-state index in [0.29, 0.717) is 5.75 Å². The van der Waals surface area contributed by atoms with Gasteiger partial charge in [-0.15, -0.1) is 0 Å². The molecule has 0 fully saturated rings. The molecule has 3 N–H and O–H groups in total. The van der Waals surface area contributed by atoms with Gasteiger partial charge in [0.25, 0.3) is 5.91 Å². The van der Waals surface area contributed by atoms with Gasteiger partial charge in [-0.1, -0.05) is 0 Å². The molecule has 0 aliphatic carbocycles. The molecule has 0 bridgehead atoms. The van der Waals surface area contributed by atoms with Gasteiger partial charge in [0.15, 0.2) is 0 Å². The van der Waals surface area contributed by atoms with E-state index in [0.717, 1.165) is 0 Å². The van der Waals surface area contributed by atoms with E-state index in [-0.39, 0.29) is 18.5 Å². The largest absolute Gasteiger partial charge is 0.370 e. The van der Waals surface area contributed by atoms with Crippen molar-refractivity contribution in [1.29, 1.82) is 0 Å². The van der Waals surface area contributed by atoms with Crippen LogP contribution < -0.4 is 11.1 Å². The van der Waals surface area contributed by atoms with Crippen LogP contribution >= 0.6 is 0 Å². The molecule has 0 aliphatic heterocycles. The first kappa shape index (κ1) is 13.5. The van der Waals surface area contributed by atoms with Crippen LogP contribution in [0.2, 0.25) is 0 Å². The third-order valence-electron chi connectivity index (χ3n) is 1.66. The fraction of sp³-hybridized carbons (Fsp3) is 0.875. The Hall–Kier alpha value is -0.460. The minimum Gasteiger partial charge on any atom is -0.370 e. The SMILES string of the molecule is COC(CN)C(=O)NC(C)CS(C)=O. The van der Waals surface area contributed by atoms with Crippen LogP contribution in [-0.4, -0.2) is 47.9 Å². The van der Waals surface area contributed by atoms with Crippen LogP contribution in [0.3, 0.4) is 0 Å². The number of methoxy groups -OCH3 is 1. The van der Waals surface area contributed by atoms with Gasteiger partial charge in [-0.2, -0.15) is 0 Å². The second kappa shape index (κ2) is 6.92. The third kappa shape index (κ3) is 5.31. The van der Waals surface area contributed by atoms with Crippen molar-refractivity contribution in [1.82, 2.24) is 5.32 Å². The highest BCUT2D eigenvalue weighted by atomic mass is 32.2. The summed E-state index contributed by atoms with van der Waals surface area (Å²) in [4.78, 5) is 11.4. The molecule has 0 aliphatic rings. The molecule has 0 aromatic heterocycles. The Labute approximate surface area is 86.8 Å². The molecule has 6 heteroatoms. The summed E-state index contributed by atoms with van der Waals surface area (Å²) in [5.74, 6) is 0.181. The van der Waals surface area contributed by atoms with E-state index in [4.69, 9.17) is 10.5 Å². The molecule has 0 rings (SSSR count). The Balaban J connectivity index is 3.97. The Morgan fingerprint density at radius 1 is 1.64 bits per heavy atom. The van der Waals surface area contributed by atoms with Gasteiger partial charge < -0.3 is 15.8 Å². The maximum absolute atomic E-state index is 11.4. The second-order valence-electron chi connectivity index (χ2n) is 3.11. The molecule has 0 heterocycles. The van der Waals surface area contributed by atoms with Crippen molar-refractivity contribution in [2.24, 2.45) is 5.73 Å². The van der Waals surface area contributed by atoms with Crippen LogP contribution in [0, 0.1) is 0 Å². The molecule has 1 amide bonds. The van der Waals surface area contributed by atoms with E-state index in [9.17, 15) is 9.00 Å².